The molecule has 0 spiro atoms. The second kappa shape index (κ2) is 10.7. The second-order valence-electron chi connectivity index (χ2n) is 8.20. The van der Waals surface area contributed by atoms with Gasteiger partial charge < -0.3 is 15.1 Å². The van der Waals surface area contributed by atoms with Gasteiger partial charge in [-0.1, -0.05) is 44.5 Å². The number of alkyl halides is 3. The van der Waals surface area contributed by atoms with Crippen LogP contribution in [0.4, 0.5) is 17.6 Å². The molecule has 2 aromatic rings. The first-order valence-corrected chi connectivity index (χ1v) is 11.1. The Morgan fingerprint density at radius 1 is 1.06 bits per heavy atom. The molecule has 0 fully saturated rings. The van der Waals surface area contributed by atoms with E-state index in [1.54, 1.807) is 18.2 Å². The molecule has 2 aliphatic heterocycles. The lowest BCUT2D eigenvalue weighted by molar-refractivity contribution is -0.186. The molecule has 1 amide bonds. The summed E-state index contributed by atoms with van der Waals surface area (Å²) in [5.41, 5.74) is 4.74. The Bertz CT molecular complexity index is 986. The van der Waals surface area contributed by atoms with Gasteiger partial charge in [-0.25, -0.2) is 4.39 Å². The van der Waals surface area contributed by atoms with Crippen LogP contribution in [0.15, 0.2) is 48.7 Å². The largest absolute Gasteiger partial charge is 0.471 e. The number of hydrogen-bond acceptors (Lipinski definition) is 3. The average Bonchev–Trinajstić information content (AvgIpc) is 3.26. The molecule has 2 heterocycles. The topological polar surface area (TPSA) is 35.6 Å². The van der Waals surface area contributed by atoms with Gasteiger partial charge in [-0.2, -0.15) is 13.2 Å². The molecule has 0 saturated carbocycles. The SMILES string of the molecule is CCC.O=C(N1CCc2cc(C3=CNCN3CCc3ccc(F)cc3)ccc2C1)C(F)(F)F. The molecule has 178 valence electrons. The van der Waals surface area contributed by atoms with Crippen LogP contribution >= 0.6 is 0 Å². The highest BCUT2D eigenvalue weighted by atomic mass is 19.4. The van der Waals surface area contributed by atoms with Gasteiger partial charge in [-0.15, -0.1) is 0 Å². The first-order valence-electron chi connectivity index (χ1n) is 11.1. The van der Waals surface area contributed by atoms with E-state index in [4.69, 9.17) is 0 Å². The molecular weight excluding hydrogens is 434 g/mol. The lowest BCUT2D eigenvalue weighted by Gasteiger charge is -2.30. The number of hydrogen-bond donors (Lipinski definition) is 1. The van der Waals surface area contributed by atoms with Crippen molar-refractivity contribution in [3.63, 3.8) is 0 Å². The van der Waals surface area contributed by atoms with E-state index in [1.807, 2.05) is 18.3 Å². The highest BCUT2D eigenvalue weighted by Crippen LogP contribution is 2.29. The Balaban J connectivity index is 0.000000968. The summed E-state index contributed by atoms with van der Waals surface area (Å²) in [4.78, 5) is 14.5. The van der Waals surface area contributed by atoms with Crippen LogP contribution in [0.2, 0.25) is 0 Å². The average molecular weight is 464 g/mol. The molecule has 2 aliphatic rings. The number of rotatable bonds is 4. The standard InChI is InChI=1S/C22H21F4N3O.C3H8/c23-19-5-1-15(2-6-19)7-9-29-14-27-12-20(29)17-3-4-18-13-28(10-8-16(18)11-17)21(30)22(24,25)26;1-3-2/h1-6,11-12,27H,7-10,13-14H2;3H2,1-2H3. The van der Waals surface area contributed by atoms with E-state index in [0.29, 0.717) is 13.1 Å². The van der Waals surface area contributed by atoms with E-state index in [-0.39, 0.29) is 18.9 Å². The maximum Gasteiger partial charge on any atom is 0.471 e. The first kappa shape index (κ1) is 24.6. The minimum Gasteiger partial charge on any atom is -0.372 e. The van der Waals surface area contributed by atoms with Crippen molar-refractivity contribution in [1.82, 2.24) is 15.1 Å². The third kappa shape index (κ3) is 6.27. The Morgan fingerprint density at radius 3 is 2.42 bits per heavy atom. The van der Waals surface area contributed by atoms with Gasteiger partial charge in [-0.3, -0.25) is 4.79 Å². The van der Waals surface area contributed by atoms with Crippen LogP contribution in [-0.4, -0.2) is 41.6 Å². The Hall–Kier alpha value is -3.03. The molecule has 8 heteroatoms. The number of amides is 1. The molecule has 0 aliphatic carbocycles. The van der Waals surface area contributed by atoms with E-state index >= 15 is 0 Å². The Kier molecular flexibility index (Phi) is 8.00. The minimum absolute atomic E-state index is 0.0282. The summed E-state index contributed by atoms with van der Waals surface area (Å²) in [5.74, 6) is -2.04. The summed E-state index contributed by atoms with van der Waals surface area (Å²) in [6.45, 7) is 5.68. The van der Waals surface area contributed by atoms with Crippen LogP contribution in [0.5, 0.6) is 0 Å². The van der Waals surface area contributed by atoms with Crippen LogP contribution in [0.3, 0.4) is 0 Å². The van der Waals surface area contributed by atoms with Crippen LogP contribution in [0.1, 0.15) is 42.5 Å². The highest BCUT2D eigenvalue weighted by molar-refractivity contribution is 5.82. The molecular formula is C25H29F4N3O. The van der Waals surface area contributed by atoms with Crippen molar-refractivity contribution >= 4 is 11.6 Å². The van der Waals surface area contributed by atoms with Gasteiger partial charge in [0, 0.05) is 25.8 Å². The third-order valence-corrected chi connectivity index (χ3v) is 5.49. The van der Waals surface area contributed by atoms with Crippen LogP contribution in [0, 0.1) is 5.82 Å². The second-order valence-corrected chi connectivity index (χ2v) is 8.20. The zero-order chi connectivity index (χ0) is 24.0. The van der Waals surface area contributed by atoms with Crippen LogP contribution < -0.4 is 5.32 Å². The molecule has 4 rings (SSSR count). The molecule has 1 N–H and O–H groups in total. The number of carbonyl (C=O) groups is 1. The molecule has 0 unspecified atom stereocenters. The molecule has 33 heavy (non-hydrogen) atoms. The number of fused-ring (bicyclic) bond motifs is 1. The number of nitrogens with zero attached hydrogens (tertiary/aromatic N) is 2. The van der Waals surface area contributed by atoms with Gasteiger partial charge in [0.25, 0.3) is 0 Å². The molecule has 0 bridgehead atoms. The summed E-state index contributed by atoms with van der Waals surface area (Å²) >= 11 is 0. The van der Waals surface area contributed by atoms with Gasteiger partial charge >= 0.3 is 12.1 Å². The Morgan fingerprint density at radius 2 is 1.76 bits per heavy atom. The summed E-state index contributed by atoms with van der Waals surface area (Å²) in [7, 11) is 0. The van der Waals surface area contributed by atoms with E-state index in [9.17, 15) is 22.4 Å². The van der Waals surface area contributed by atoms with Gasteiger partial charge in [-0.05, 0) is 53.3 Å². The normalized spacial score (nSPS) is 15.3. The van der Waals surface area contributed by atoms with Crippen LogP contribution in [0.25, 0.3) is 5.70 Å². The molecule has 4 nitrogen and oxygen atoms in total. The molecule has 2 aromatic carbocycles. The quantitative estimate of drug-likeness (QED) is 0.642. The van der Waals surface area contributed by atoms with Crippen molar-refractivity contribution < 1.29 is 22.4 Å². The van der Waals surface area contributed by atoms with Crippen molar-refractivity contribution in [1.29, 1.82) is 0 Å². The lowest BCUT2D eigenvalue weighted by atomic mass is 9.96. The lowest BCUT2D eigenvalue weighted by Crippen LogP contribution is -2.43. The predicted octanol–water partition coefficient (Wildman–Crippen LogP) is 5.09. The number of nitrogens with one attached hydrogen (secondary N) is 1. The smallest absolute Gasteiger partial charge is 0.372 e. The number of halogens is 4. The molecule has 0 aromatic heterocycles. The fourth-order valence-corrected chi connectivity index (χ4v) is 3.87. The van der Waals surface area contributed by atoms with Crippen molar-refractivity contribution in [2.45, 2.75) is 45.8 Å². The van der Waals surface area contributed by atoms with Crippen molar-refractivity contribution in [3.8, 4) is 0 Å². The summed E-state index contributed by atoms with van der Waals surface area (Å²) in [6.07, 6.45) is -0.516. The highest BCUT2D eigenvalue weighted by Gasteiger charge is 2.43. The van der Waals surface area contributed by atoms with E-state index in [2.05, 4.69) is 24.1 Å². The number of carbonyl (C=O) groups excluding carboxylic acids is 1. The van der Waals surface area contributed by atoms with E-state index in [0.717, 1.165) is 45.8 Å². The van der Waals surface area contributed by atoms with Gasteiger partial charge in [0.05, 0.1) is 12.4 Å². The zero-order valence-corrected chi connectivity index (χ0v) is 18.9. The minimum atomic E-state index is -4.84. The summed E-state index contributed by atoms with van der Waals surface area (Å²) < 4.78 is 51.2. The van der Waals surface area contributed by atoms with E-state index in [1.165, 1.54) is 18.6 Å². The maximum absolute atomic E-state index is 13.1. The fraction of sp³-hybridized carbons (Fsp3) is 0.400. The monoisotopic (exact) mass is 463 g/mol. The maximum atomic E-state index is 13.1. The summed E-state index contributed by atoms with van der Waals surface area (Å²) in [5, 5.41) is 3.21. The molecule has 0 atom stereocenters. The van der Waals surface area contributed by atoms with Gasteiger partial charge in [0.2, 0.25) is 0 Å². The Labute approximate surface area is 191 Å². The van der Waals surface area contributed by atoms with Gasteiger partial charge in [0.1, 0.15) is 5.82 Å². The van der Waals surface area contributed by atoms with Crippen molar-refractivity contribution in [2.24, 2.45) is 0 Å². The fourth-order valence-electron chi connectivity index (χ4n) is 3.87. The first-order chi connectivity index (χ1) is 15.7. The van der Waals surface area contributed by atoms with Crippen molar-refractivity contribution in [2.75, 3.05) is 19.8 Å². The zero-order valence-electron chi connectivity index (χ0n) is 18.9. The van der Waals surface area contributed by atoms with Crippen LogP contribution in [-0.2, 0) is 24.2 Å². The van der Waals surface area contributed by atoms with E-state index < -0.39 is 12.1 Å². The van der Waals surface area contributed by atoms with Gasteiger partial charge in [0.15, 0.2) is 0 Å². The summed E-state index contributed by atoms with van der Waals surface area (Å²) in [6, 6.07) is 12.1. The molecule has 0 saturated heterocycles. The third-order valence-electron chi connectivity index (χ3n) is 5.49. The molecule has 0 radical (unpaired) electrons. The van der Waals surface area contributed by atoms with Crippen molar-refractivity contribution in [3.05, 3.63) is 76.7 Å². The number of benzene rings is 2. The predicted molar refractivity (Wildman–Crippen MR) is 120 cm³/mol.